The number of nitriles is 1. The Morgan fingerprint density at radius 3 is 2.76 bits per heavy atom. The molecule has 0 radical (unpaired) electrons. The molecule has 2 aliphatic rings. The van der Waals surface area contributed by atoms with E-state index in [1.807, 2.05) is 19.1 Å². The molecule has 5 heterocycles. The molecular formula is C27H29FN8O2. The number of pyridine rings is 2. The minimum absolute atomic E-state index is 0.127. The van der Waals surface area contributed by atoms with Crippen molar-refractivity contribution in [3.05, 3.63) is 54.1 Å². The zero-order chi connectivity index (χ0) is 26.5. The zero-order valence-electron chi connectivity index (χ0n) is 21.2. The first-order valence-electron chi connectivity index (χ1n) is 12.7. The molecule has 2 fully saturated rings. The van der Waals surface area contributed by atoms with Gasteiger partial charge in [-0.3, -0.25) is 14.7 Å². The monoisotopic (exact) mass is 516 g/mol. The summed E-state index contributed by atoms with van der Waals surface area (Å²) in [5.74, 6) is 0.978. The minimum atomic E-state index is -0.902. The highest BCUT2D eigenvalue weighted by molar-refractivity contribution is 5.85. The van der Waals surface area contributed by atoms with Crippen LogP contribution >= 0.6 is 0 Å². The van der Waals surface area contributed by atoms with Crippen LogP contribution in [0.1, 0.15) is 24.6 Å². The summed E-state index contributed by atoms with van der Waals surface area (Å²) in [5.41, 5.74) is 3.01. The fourth-order valence-corrected chi connectivity index (χ4v) is 4.65. The molecule has 1 unspecified atom stereocenters. The van der Waals surface area contributed by atoms with Crippen LogP contribution in [0.3, 0.4) is 0 Å². The van der Waals surface area contributed by atoms with E-state index in [-0.39, 0.29) is 24.8 Å². The number of aromatic nitrogens is 4. The lowest BCUT2D eigenvalue weighted by Crippen LogP contribution is -2.46. The molecule has 0 aromatic carbocycles. The number of halogens is 1. The van der Waals surface area contributed by atoms with Gasteiger partial charge >= 0.3 is 0 Å². The topological polar surface area (TPSA) is 120 Å². The quantitative estimate of drug-likeness (QED) is 0.478. The molecule has 1 N–H and O–H groups in total. The summed E-state index contributed by atoms with van der Waals surface area (Å²) in [5, 5.41) is 12.8. The van der Waals surface area contributed by atoms with Crippen LogP contribution in [0.2, 0.25) is 0 Å². The number of ether oxygens (including phenoxy) is 1. The molecule has 5 rings (SSSR count). The van der Waals surface area contributed by atoms with Crippen molar-refractivity contribution in [3.63, 3.8) is 0 Å². The summed E-state index contributed by atoms with van der Waals surface area (Å²) < 4.78 is 19.0. The number of hydrogen-bond acceptors (Lipinski definition) is 10. The van der Waals surface area contributed by atoms with Gasteiger partial charge in [0.25, 0.3) is 0 Å². The van der Waals surface area contributed by atoms with Crippen molar-refractivity contribution in [1.82, 2.24) is 24.8 Å². The SMILES string of the molecule is CC(C(=O)Cc1ccc(Nc2nccc(-c3cnc(N4CC[C@H](F)C4)c(C#N)c3)n2)cn1)N1CCOCC1. The lowest BCUT2D eigenvalue weighted by atomic mass is 10.1. The summed E-state index contributed by atoms with van der Waals surface area (Å²) in [6, 6.07) is 9.10. The minimum Gasteiger partial charge on any atom is -0.379 e. The van der Waals surface area contributed by atoms with Crippen molar-refractivity contribution in [1.29, 1.82) is 5.26 Å². The van der Waals surface area contributed by atoms with E-state index in [2.05, 4.69) is 36.2 Å². The average molecular weight is 517 g/mol. The second-order valence-electron chi connectivity index (χ2n) is 9.44. The van der Waals surface area contributed by atoms with Crippen LogP contribution in [0.15, 0.2) is 42.9 Å². The third-order valence-electron chi connectivity index (χ3n) is 6.86. The third-order valence-corrected chi connectivity index (χ3v) is 6.86. The van der Waals surface area contributed by atoms with Gasteiger partial charge in [0.1, 0.15) is 18.1 Å². The second-order valence-corrected chi connectivity index (χ2v) is 9.44. The lowest BCUT2D eigenvalue weighted by Gasteiger charge is -2.31. The fourth-order valence-electron chi connectivity index (χ4n) is 4.65. The first-order chi connectivity index (χ1) is 18.5. The Bertz CT molecular complexity index is 1320. The van der Waals surface area contributed by atoms with Crippen LogP contribution in [0.4, 0.5) is 21.8 Å². The number of carbonyl (C=O) groups is 1. The Hall–Kier alpha value is -4.01. The number of nitrogens with one attached hydrogen (secondary N) is 1. The van der Waals surface area contributed by atoms with Crippen LogP contribution in [-0.4, -0.2) is 82.2 Å². The van der Waals surface area contributed by atoms with Crippen LogP contribution in [0, 0.1) is 11.3 Å². The van der Waals surface area contributed by atoms with E-state index in [4.69, 9.17) is 4.74 Å². The van der Waals surface area contributed by atoms with Gasteiger partial charge < -0.3 is 15.0 Å². The molecule has 38 heavy (non-hydrogen) atoms. The van der Waals surface area contributed by atoms with Crippen molar-refractivity contribution in [3.8, 4) is 17.3 Å². The number of ketones is 1. The summed E-state index contributed by atoms with van der Waals surface area (Å²) in [6.07, 6.45) is 4.70. The van der Waals surface area contributed by atoms with Crippen molar-refractivity contribution >= 4 is 23.2 Å². The molecule has 0 aliphatic carbocycles. The summed E-state index contributed by atoms with van der Waals surface area (Å²) >= 11 is 0. The molecule has 196 valence electrons. The van der Waals surface area contributed by atoms with Gasteiger partial charge in [-0.2, -0.15) is 5.26 Å². The molecule has 3 aromatic rings. The summed E-state index contributed by atoms with van der Waals surface area (Å²) in [7, 11) is 0. The number of Topliss-reactive ketones (excluding diaryl/α,β-unsaturated/α-hetero) is 1. The molecule has 3 aromatic heterocycles. The average Bonchev–Trinajstić information content (AvgIpc) is 3.39. The zero-order valence-corrected chi connectivity index (χ0v) is 21.2. The first kappa shape index (κ1) is 25.6. The van der Waals surface area contributed by atoms with Crippen LogP contribution < -0.4 is 10.2 Å². The van der Waals surface area contributed by atoms with Gasteiger partial charge in [-0.05, 0) is 37.6 Å². The maximum atomic E-state index is 13.6. The number of alkyl halides is 1. The number of morpholine rings is 1. The van der Waals surface area contributed by atoms with Crippen LogP contribution in [0.25, 0.3) is 11.3 Å². The highest BCUT2D eigenvalue weighted by Gasteiger charge is 2.25. The van der Waals surface area contributed by atoms with E-state index in [0.29, 0.717) is 66.1 Å². The van der Waals surface area contributed by atoms with E-state index in [1.54, 1.807) is 35.6 Å². The van der Waals surface area contributed by atoms with Crippen molar-refractivity contribution in [2.24, 2.45) is 0 Å². The van der Waals surface area contributed by atoms with Crippen molar-refractivity contribution in [2.45, 2.75) is 32.0 Å². The number of nitrogens with zero attached hydrogens (tertiary/aromatic N) is 7. The summed E-state index contributed by atoms with van der Waals surface area (Å²) in [6.45, 7) is 5.55. The van der Waals surface area contributed by atoms with E-state index in [1.165, 1.54) is 0 Å². The number of rotatable bonds is 8. The lowest BCUT2D eigenvalue weighted by molar-refractivity contribution is -0.124. The molecule has 0 spiro atoms. The van der Waals surface area contributed by atoms with Gasteiger partial charge in [-0.15, -0.1) is 0 Å². The second kappa shape index (κ2) is 11.6. The van der Waals surface area contributed by atoms with Gasteiger partial charge in [-0.1, -0.05) is 0 Å². The maximum Gasteiger partial charge on any atom is 0.227 e. The maximum absolute atomic E-state index is 13.6. The standard InChI is InChI=1S/C27H29FN8O2/c1-18(35-8-10-38-11-9-35)25(37)13-22-2-3-23(16-31-22)33-27-30-6-4-24(34-27)20-12-19(14-29)26(32-15-20)36-7-5-21(28)17-36/h2-4,6,12,15-16,18,21H,5,7-11,13,17H2,1H3,(H,30,33,34)/t18?,21-/m0/s1. The van der Waals surface area contributed by atoms with E-state index < -0.39 is 6.17 Å². The van der Waals surface area contributed by atoms with Gasteiger partial charge in [0.05, 0.1) is 55.4 Å². The van der Waals surface area contributed by atoms with Gasteiger partial charge in [-0.25, -0.2) is 19.3 Å². The molecule has 11 heteroatoms. The smallest absolute Gasteiger partial charge is 0.227 e. The first-order valence-corrected chi connectivity index (χ1v) is 12.7. The number of hydrogen-bond donors (Lipinski definition) is 1. The predicted octanol–water partition coefficient (Wildman–Crippen LogP) is 2.93. The van der Waals surface area contributed by atoms with E-state index in [9.17, 15) is 14.4 Å². The highest BCUT2D eigenvalue weighted by Crippen LogP contribution is 2.27. The van der Waals surface area contributed by atoms with Crippen molar-refractivity contribution in [2.75, 3.05) is 49.6 Å². The third kappa shape index (κ3) is 5.93. The molecule has 2 saturated heterocycles. The molecule has 0 bridgehead atoms. The largest absolute Gasteiger partial charge is 0.379 e. The molecular weight excluding hydrogens is 487 g/mol. The number of carbonyl (C=O) groups excluding carboxylic acids is 1. The van der Waals surface area contributed by atoms with Crippen molar-refractivity contribution < 1.29 is 13.9 Å². The molecule has 0 amide bonds. The van der Waals surface area contributed by atoms with E-state index in [0.717, 1.165) is 13.1 Å². The Kier molecular flexibility index (Phi) is 7.81. The Balaban J connectivity index is 1.24. The van der Waals surface area contributed by atoms with Crippen LogP contribution in [0.5, 0.6) is 0 Å². The molecule has 2 aliphatic heterocycles. The normalized spacial score (nSPS) is 18.7. The van der Waals surface area contributed by atoms with Crippen LogP contribution in [-0.2, 0) is 16.0 Å². The van der Waals surface area contributed by atoms with E-state index >= 15 is 0 Å². The predicted molar refractivity (Wildman–Crippen MR) is 140 cm³/mol. The Labute approximate surface area is 220 Å². The highest BCUT2D eigenvalue weighted by atomic mass is 19.1. The molecule has 10 nitrogen and oxygen atoms in total. The fraction of sp³-hybridized carbons (Fsp3) is 0.407. The Morgan fingerprint density at radius 1 is 1.21 bits per heavy atom. The number of anilines is 3. The van der Waals surface area contributed by atoms with Gasteiger partial charge in [0, 0.05) is 43.3 Å². The Morgan fingerprint density at radius 2 is 2.05 bits per heavy atom. The molecule has 0 saturated carbocycles. The van der Waals surface area contributed by atoms with Gasteiger partial charge in [0.15, 0.2) is 5.78 Å². The molecule has 2 atom stereocenters. The summed E-state index contributed by atoms with van der Waals surface area (Å²) in [4.78, 5) is 34.4. The van der Waals surface area contributed by atoms with Gasteiger partial charge in [0.2, 0.25) is 5.95 Å².